The van der Waals surface area contributed by atoms with E-state index in [-0.39, 0.29) is 0 Å². The molecule has 0 heterocycles. The van der Waals surface area contributed by atoms with E-state index >= 15 is 0 Å². The van der Waals surface area contributed by atoms with Gasteiger partial charge in [-0.2, -0.15) is 5.26 Å². The first kappa shape index (κ1) is 11.7. The second kappa shape index (κ2) is 4.94. The molecule has 4 heteroatoms. The maximum Gasteiger partial charge on any atom is 0.339 e. The molecule has 0 aliphatic carbocycles. The highest BCUT2D eigenvalue weighted by Crippen LogP contribution is 2.20. The van der Waals surface area contributed by atoms with Gasteiger partial charge in [0.1, 0.15) is 6.07 Å². The number of nitriles is 1. The fraction of sp³-hybridized carbons (Fsp3) is 0.273. The molecule has 0 N–H and O–H groups in total. The van der Waals surface area contributed by atoms with Crippen molar-refractivity contribution in [2.45, 2.75) is 12.3 Å². The summed E-state index contributed by atoms with van der Waals surface area (Å²) in [5.74, 6) is -0.471. The zero-order valence-corrected chi connectivity index (χ0v) is 10.1. The minimum atomic E-state index is -0.471. The van der Waals surface area contributed by atoms with Crippen molar-refractivity contribution in [3.8, 4) is 6.07 Å². The van der Waals surface area contributed by atoms with Crippen molar-refractivity contribution in [1.29, 1.82) is 5.26 Å². The molecule has 0 unspecified atom stereocenters. The minimum Gasteiger partial charge on any atom is -0.465 e. The van der Waals surface area contributed by atoms with Crippen LogP contribution in [-0.4, -0.2) is 13.1 Å². The molecule has 0 fully saturated rings. The Hall–Kier alpha value is -1.34. The predicted molar refractivity (Wildman–Crippen MR) is 59.9 cm³/mol. The van der Waals surface area contributed by atoms with Crippen LogP contribution < -0.4 is 0 Å². The summed E-state index contributed by atoms with van der Waals surface area (Å²) in [6.07, 6.45) is 0. The van der Waals surface area contributed by atoms with Crippen LogP contribution in [0.5, 0.6) is 0 Å². The van der Waals surface area contributed by atoms with Gasteiger partial charge < -0.3 is 4.74 Å². The Kier molecular flexibility index (Phi) is 3.87. The largest absolute Gasteiger partial charge is 0.465 e. The summed E-state index contributed by atoms with van der Waals surface area (Å²) in [5.41, 5.74) is 2.44. The molecule has 0 amide bonds. The van der Waals surface area contributed by atoms with Gasteiger partial charge in [0.2, 0.25) is 0 Å². The van der Waals surface area contributed by atoms with Gasteiger partial charge in [0.05, 0.1) is 18.2 Å². The molecule has 0 radical (unpaired) electrons. The lowest BCUT2D eigenvalue weighted by molar-refractivity contribution is 0.0599. The molecule has 0 bridgehead atoms. The summed E-state index contributed by atoms with van der Waals surface area (Å²) in [6.45, 7) is 1.88. The van der Waals surface area contributed by atoms with Crippen LogP contribution in [-0.2, 0) is 10.1 Å². The normalized spacial score (nSPS) is 9.47. The average molecular weight is 268 g/mol. The monoisotopic (exact) mass is 267 g/mol. The van der Waals surface area contributed by atoms with Crippen LogP contribution in [0.15, 0.2) is 12.1 Å². The molecule has 0 saturated heterocycles. The summed E-state index contributed by atoms with van der Waals surface area (Å²) < 4.78 is 4.65. The van der Waals surface area contributed by atoms with E-state index in [1.165, 1.54) is 7.11 Å². The van der Waals surface area contributed by atoms with Crippen molar-refractivity contribution in [2.75, 3.05) is 7.11 Å². The third-order valence-electron chi connectivity index (χ3n) is 2.02. The molecule has 78 valence electrons. The van der Waals surface area contributed by atoms with Crippen molar-refractivity contribution < 1.29 is 9.53 Å². The molecule has 0 aromatic heterocycles. The van der Waals surface area contributed by atoms with Gasteiger partial charge in [-0.3, -0.25) is 0 Å². The summed E-state index contributed by atoms with van der Waals surface area (Å²) in [5, 5.41) is 9.46. The van der Waals surface area contributed by atoms with Gasteiger partial charge >= 0.3 is 5.97 Å². The molecule has 1 aromatic rings. The zero-order chi connectivity index (χ0) is 11.4. The number of halogens is 1. The van der Waals surface area contributed by atoms with E-state index in [2.05, 4.69) is 20.7 Å². The number of nitrogens with zero attached hydrogens (tertiary/aromatic N) is 1. The average Bonchev–Trinajstić information content (AvgIpc) is 2.26. The summed E-state index contributed by atoms with van der Waals surface area (Å²) in [7, 11) is 1.31. The zero-order valence-electron chi connectivity index (χ0n) is 8.50. The SMILES string of the molecule is COC(=O)c1c(C#N)cc(C)cc1CBr. The lowest BCUT2D eigenvalue weighted by Crippen LogP contribution is -2.08. The second-order valence-corrected chi connectivity index (χ2v) is 3.64. The van der Waals surface area contributed by atoms with Gasteiger partial charge in [-0.15, -0.1) is 0 Å². The highest BCUT2D eigenvalue weighted by Gasteiger charge is 2.16. The van der Waals surface area contributed by atoms with Gasteiger partial charge in [-0.25, -0.2) is 4.79 Å². The molecule has 3 nitrogen and oxygen atoms in total. The number of carbonyl (C=O) groups is 1. The van der Waals surface area contributed by atoms with Crippen LogP contribution in [0, 0.1) is 18.3 Å². The molecular formula is C11H10BrNO2. The summed E-state index contributed by atoms with van der Waals surface area (Å²) >= 11 is 3.29. The quantitative estimate of drug-likeness (QED) is 0.611. The number of methoxy groups -OCH3 is 1. The number of benzene rings is 1. The van der Waals surface area contributed by atoms with Crippen LogP contribution in [0.25, 0.3) is 0 Å². The maximum absolute atomic E-state index is 11.5. The lowest BCUT2D eigenvalue weighted by Gasteiger charge is -2.08. The molecule has 1 aromatic carbocycles. The molecular weight excluding hydrogens is 258 g/mol. The first-order valence-corrected chi connectivity index (χ1v) is 5.44. The van der Waals surface area contributed by atoms with Gasteiger partial charge in [-0.1, -0.05) is 22.0 Å². The van der Waals surface area contributed by atoms with Gasteiger partial charge in [-0.05, 0) is 24.1 Å². The third-order valence-corrected chi connectivity index (χ3v) is 2.62. The van der Waals surface area contributed by atoms with E-state index in [9.17, 15) is 4.79 Å². The van der Waals surface area contributed by atoms with Gasteiger partial charge in [0.15, 0.2) is 0 Å². The van der Waals surface area contributed by atoms with Crippen LogP contribution >= 0.6 is 15.9 Å². The van der Waals surface area contributed by atoms with E-state index in [0.29, 0.717) is 16.5 Å². The number of alkyl halides is 1. The smallest absolute Gasteiger partial charge is 0.339 e. The molecule has 0 aliphatic rings. The number of ether oxygens (including phenoxy) is 1. The molecule has 15 heavy (non-hydrogen) atoms. The second-order valence-electron chi connectivity index (χ2n) is 3.08. The van der Waals surface area contributed by atoms with Gasteiger partial charge in [0.25, 0.3) is 0 Å². The molecule has 0 spiro atoms. The lowest BCUT2D eigenvalue weighted by atomic mass is 10.00. The van der Waals surface area contributed by atoms with E-state index in [1.54, 1.807) is 6.07 Å². The number of aryl methyl sites for hydroxylation is 1. The molecule has 1 rings (SSSR count). The highest BCUT2D eigenvalue weighted by molar-refractivity contribution is 9.08. The first-order chi connectivity index (χ1) is 7.13. The Morgan fingerprint density at radius 2 is 2.27 bits per heavy atom. The molecule has 0 saturated carbocycles. The maximum atomic E-state index is 11.5. The first-order valence-electron chi connectivity index (χ1n) is 4.32. The molecule has 0 atom stereocenters. The Bertz CT molecular complexity index is 435. The number of esters is 1. The Morgan fingerprint density at radius 3 is 2.73 bits per heavy atom. The Labute approximate surface area is 96.8 Å². The standard InChI is InChI=1S/C11H10BrNO2/c1-7-3-8(5-12)10(11(14)15-2)9(4-7)6-13/h3-4H,5H2,1-2H3. The summed E-state index contributed by atoms with van der Waals surface area (Å²) in [4.78, 5) is 11.5. The van der Waals surface area contributed by atoms with Crippen LogP contribution in [0.3, 0.4) is 0 Å². The van der Waals surface area contributed by atoms with Crippen molar-refractivity contribution >= 4 is 21.9 Å². The van der Waals surface area contributed by atoms with E-state index in [0.717, 1.165) is 11.1 Å². The van der Waals surface area contributed by atoms with E-state index < -0.39 is 5.97 Å². The summed E-state index contributed by atoms with van der Waals surface area (Å²) in [6, 6.07) is 5.55. The van der Waals surface area contributed by atoms with Crippen molar-refractivity contribution in [2.24, 2.45) is 0 Å². The van der Waals surface area contributed by atoms with E-state index in [4.69, 9.17) is 5.26 Å². The van der Waals surface area contributed by atoms with Crippen LogP contribution in [0.2, 0.25) is 0 Å². The highest BCUT2D eigenvalue weighted by atomic mass is 79.9. The minimum absolute atomic E-state index is 0.350. The number of rotatable bonds is 2. The predicted octanol–water partition coefficient (Wildman–Crippen LogP) is 2.55. The van der Waals surface area contributed by atoms with Gasteiger partial charge in [0, 0.05) is 5.33 Å². The van der Waals surface area contributed by atoms with Crippen molar-refractivity contribution in [1.82, 2.24) is 0 Å². The Balaban J connectivity index is 3.45. The van der Waals surface area contributed by atoms with Crippen molar-refractivity contribution in [3.63, 3.8) is 0 Å². The topological polar surface area (TPSA) is 50.1 Å². The molecule has 0 aliphatic heterocycles. The number of hydrogen-bond acceptors (Lipinski definition) is 3. The number of carbonyl (C=O) groups excluding carboxylic acids is 1. The van der Waals surface area contributed by atoms with Crippen LogP contribution in [0.4, 0.5) is 0 Å². The fourth-order valence-corrected chi connectivity index (χ4v) is 1.84. The third kappa shape index (κ3) is 2.37. The Morgan fingerprint density at radius 1 is 1.60 bits per heavy atom. The van der Waals surface area contributed by atoms with Crippen molar-refractivity contribution in [3.05, 3.63) is 34.4 Å². The van der Waals surface area contributed by atoms with E-state index in [1.807, 2.05) is 19.1 Å². The fourth-order valence-electron chi connectivity index (χ4n) is 1.40. The van der Waals surface area contributed by atoms with Crippen LogP contribution in [0.1, 0.15) is 27.0 Å². The number of hydrogen-bond donors (Lipinski definition) is 0.